The van der Waals surface area contributed by atoms with Crippen molar-refractivity contribution in [2.45, 2.75) is 24.4 Å². The van der Waals surface area contributed by atoms with Crippen molar-refractivity contribution >= 4 is 5.97 Å². The van der Waals surface area contributed by atoms with Crippen molar-refractivity contribution in [3.63, 3.8) is 0 Å². The van der Waals surface area contributed by atoms with Crippen LogP contribution in [0.3, 0.4) is 0 Å². The lowest BCUT2D eigenvalue weighted by atomic mass is 9.96. The molecule has 1 aromatic heterocycles. The quantitative estimate of drug-likeness (QED) is 0.848. The molecule has 16 heavy (non-hydrogen) atoms. The Kier molecular flexibility index (Phi) is 2.18. The first-order chi connectivity index (χ1) is 7.36. The lowest BCUT2D eigenvalue weighted by Gasteiger charge is -2.12. The topological polar surface area (TPSA) is 50.2 Å². The third-order valence-electron chi connectivity index (χ3n) is 2.76. The molecule has 0 atom stereocenters. The van der Waals surface area contributed by atoms with E-state index in [2.05, 4.69) is 4.98 Å². The number of carboxylic acids is 1. The highest BCUT2D eigenvalue weighted by atomic mass is 19.4. The summed E-state index contributed by atoms with van der Waals surface area (Å²) in [4.78, 5) is 14.1. The fraction of sp³-hybridized carbons (Fsp3) is 0.400. The van der Waals surface area contributed by atoms with Crippen molar-refractivity contribution in [3.8, 4) is 0 Å². The number of pyridine rings is 1. The number of hydrogen-bond acceptors (Lipinski definition) is 2. The van der Waals surface area contributed by atoms with E-state index in [1.54, 1.807) is 0 Å². The van der Waals surface area contributed by atoms with Gasteiger partial charge in [0, 0.05) is 6.20 Å². The third kappa shape index (κ3) is 1.64. The second-order valence-electron chi connectivity index (χ2n) is 3.81. The van der Waals surface area contributed by atoms with Gasteiger partial charge >= 0.3 is 12.1 Å². The number of alkyl halides is 3. The van der Waals surface area contributed by atoms with Gasteiger partial charge in [0.2, 0.25) is 0 Å². The molecule has 0 unspecified atom stereocenters. The maximum Gasteiger partial charge on any atom is 0.433 e. The summed E-state index contributed by atoms with van der Waals surface area (Å²) in [6.45, 7) is 0. The van der Waals surface area contributed by atoms with Gasteiger partial charge in [-0.3, -0.25) is 9.78 Å². The Morgan fingerprint density at radius 2 is 2.06 bits per heavy atom. The zero-order chi connectivity index (χ0) is 12.0. The summed E-state index contributed by atoms with van der Waals surface area (Å²) in [5.41, 5.74) is -1.98. The van der Waals surface area contributed by atoms with E-state index in [0.717, 1.165) is 12.3 Å². The Hall–Kier alpha value is -1.59. The molecule has 1 aliphatic rings. The number of rotatable bonds is 2. The van der Waals surface area contributed by atoms with E-state index in [1.165, 1.54) is 6.07 Å². The molecule has 1 fully saturated rings. The van der Waals surface area contributed by atoms with Crippen LogP contribution in [0.4, 0.5) is 13.2 Å². The van der Waals surface area contributed by atoms with Crippen LogP contribution >= 0.6 is 0 Å². The molecule has 1 aromatic rings. The molecule has 1 heterocycles. The highest BCUT2D eigenvalue weighted by Crippen LogP contribution is 2.48. The van der Waals surface area contributed by atoms with Crippen LogP contribution in [0.5, 0.6) is 0 Å². The van der Waals surface area contributed by atoms with Gasteiger partial charge in [-0.2, -0.15) is 13.2 Å². The molecule has 0 amide bonds. The second-order valence-corrected chi connectivity index (χ2v) is 3.81. The molecule has 86 valence electrons. The first-order valence-corrected chi connectivity index (χ1v) is 4.63. The molecule has 0 saturated heterocycles. The maximum absolute atomic E-state index is 12.4. The van der Waals surface area contributed by atoms with E-state index in [-0.39, 0.29) is 5.56 Å². The number of carboxylic acid groups (broad SMARTS) is 1. The molecular formula is C10H8F3NO2. The Morgan fingerprint density at radius 3 is 2.50 bits per heavy atom. The fourth-order valence-electron chi connectivity index (χ4n) is 1.63. The van der Waals surface area contributed by atoms with E-state index in [4.69, 9.17) is 5.11 Å². The van der Waals surface area contributed by atoms with Gasteiger partial charge in [-0.25, -0.2) is 0 Å². The van der Waals surface area contributed by atoms with Gasteiger partial charge in [-0.15, -0.1) is 0 Å². The Labute approximate surface area is 88.9 Å². The zero-order valence-corrected chi connectivity index (χ0v) is 8.08. The number of carbonyl (C=O) groups is 1. The van der Waals surface area contributed by atoms with Gasteiger partial charge in [-0.05, 0) is 30.5 Å². The largest absolute Gasteiger partial charge is 0.481 e. The second kappa shape index (κ2) is 3.20. The van der Waals surface area contributed by atoms with E-state index >= 15 is 0 Å². The first-order valence-electron chi connectivity index (χ1n) is 4.63. The summed E-state index contributed by atoms with van der Waals surface area (Å²) in [6, 6.07) is 2.15. The lowest BCUT2D eigenvalue weighted by molar-refractivity contribution is -0.142. The summed E-state index contributed by atoms with van der Waals surface area (Å²) >= 11 is 0. The van der Waals surface area contributed by atoms with Crippen LogP contribution in [0.2, 0.25) is 0 Å². The van der Waals surface area contributed by atoms with E-state index in [0.29, 0.717) is 12.8 Å². The molecule has 0 aromatic carbocycles. The Morgan fingerprint density at radius 1 is 1.44 bits per heavy atom. The molecule has 3 nitrogen and oxygen atoms in total. The van der Waals surface area contributed by atoms with Crippen molar-refractivity contribution in [1.29, 1.82) is 0 Å². The van der Waals surface area contributed by atoms with Gasteiger partial charge < -0.3 is 5.11 Å². The fourth-order valence-corrected chi connectivity index (χ4v) is 1.63. The normalized spacial score (nSPS) is 18.2. The summed E-state index contributed by atoms with van der Waals surface area (Å²) in [6.07, 6.45) is -2.78. The van der Waals surface area contributed by atoms with Gasteiger partial charge in [0.1, 0.15) is 5.69 Å². The number of halogens is 3. The van der Waals surface area contributed by atoms with Gasteiger partial charge in [0.15, 0.2) is 0 Å². The van der Waals surface area contributed by atoms with Crippen molar-refractivity contribution in [2.24, 2.45) is 0 Å². The number of aromatic nitrogens is 1. The van der Waals surface area contributed by atoms with E-state index in [9.17, 15) is 18.0 Å². The lowest BCUT2D eigenvalue weighted by Crippen LogP contribution is -2.20. The SMILES string of the molecule is O=C(O)C1(c2ccnc(C(F)(F)F)c2)CC1. The predicted molar refractivity (Wildman–Crippen MR) is 47.8 cm³/mol. The van der Waals surface area contributed by atoms with Crippen molar-refractivity contribution in [2.75, 3.05) is 0 Å². The first kappa shape index (κ1) is 10.9. The summed E-state index contributed by atoms with van der Waals surface area (Å²) in [5, 5.41) is 8.95. The minimum absolute atomic E-state index is 0.183. The van der Waals surface area contributed by atoms with Gasteiger partial charge in [0.05, 0.1) is 5.41 Å². The summed E-state index contributed by atoms with van der Waals surface area (Å²) in [7, 11) is 0. The number of hydrogen-bond donors (Lipinski definition) is 1. The minimum Gasteiger partial charge on any atom is -0.481 e. The Bertz CT molecular complexity index is 438. The van der Waals surface area contributed by atoms with Crippen LogP contribution in [-0.2, 0) is 16.4 Å². The van der Waals surface area contributed by atoms with Crippen LogP contribution in [0.25, 0.3) is 0 Å². The molecule has 1 saturated carbocycles. The highest BCUT2D eigenvalue weighted by molar-refractivity contribution is 5.84. The van der Waals surface area contributed by atoms with Crippen LogP contribution in [0.15, 0.2) is 18.3 Å². The molecule has 0 spiro atoms. The van der Waals surface area contributed by atoms with Crippen LogP contribution in [0.1, 0.15) is 24.1 Å². The zero-order valence-electron chi connectivity index (χ0n) is 8.08. The molecule has 1 aliphatic carbocycles. The highest BCUT2D eigenvalue weighted by Gasteiger charge is 2.52. The maximum atomic E-state index is 12.4. The third-order valence-corrected chi connectivity index (χ3v) is 2.76. The van der Waals surface area contributed by atoms with E-state index in [1.807, 2.05) is 0 Å². The monoisotopic (exact) mass is 231 g/mol. The standard InChI is InChI=1S/C10H8F3NO2/c11-10(12,13)7-5-6(1-4-14-7)9(2-3-9)8(15)16/h1,4-5H,2-3H2,(H,15,16). The minimum atomic E-state index is -4.54. The van der Waals surface area contributed by atoms with Crippen molar-refractivity contribution in [3.05, 3.63) is 29.6 Å². The molecular weight excluding hydrogens is 223 g/mol. The molecule has 0 radical (unpaired) electrons. The van der Waals surface area contributed by atoms with Crippen molar-refractivity contribution in [1.82, 2.24) is 4.98 Å². The number of nitrogens with zero attached hydrogens (tertiary/aromatic N) is 1. The summed E-state index contributed by atoms with van der Waals surface area (Å²) in [5.74, 6) is -1.08. The number of aliphatic carboxylic acids is 1. The Balaban J connectivity index is 2.41. The molecule has 1 N–H and O–H groups in total. The molecule has 2 rings (SSSR count). The molecule has 0 bridgehead atoms. The van der Waals surface area contributed by atoms with Gasteiger partial charge in [0.25, 0.3) is 0 Å². The molecule has 0 aliphatic heterocycles. The summed E-state index contributed by atoms with van der Waals surface area (Å²) < 4.78 is 37.1. The van der Waals surface area contributed by atoms with Crippen LogP contribution < -0.4 is 0 Å². The van der Waals surface area contributed by atoms with Crippen LogP contribution in [-0.4, -0.2) is 16.1 Å². The van der Waals surface area contributed by atoms with Gasteiger partial charge in [-0.1, -0.05) is 0 Å². The van der Waals surface area contributed by atoms with E-state index < -0.39 is 23.3 Å². The molecule has 6 heteroatoms. The average Bonchev–Trinajstić information content (AvgIpc) is 2.97. The van der Waals surface area contributed by atoms with Crippen molar-refractivity contribution < 1.29 is 23.1 Å². The van der Waals surface area contributed by atoms with Crippen LogP contribution in [0, 0.1) is 0 Å². The predicted octanol–water partition coefficient (Wildman–Crippen LogP) is 2.22. The smallest absolute Gasteiger partial charge is 0.433 e. The average molecular weight is 231 g/mol.